The Morgan fingerprint density at radius 1 is 0.327 bits per heavy atom. The molecule has 0 saturated heterocycles. The summed E-state index contributed by atoms with van der Waals surface area (Å²) in [5.74, 6) is 0. The Labute approximate surface area is 303 Å². The summed E-state index contributed by atoms with van der Waals surface area (Å²) in [5.41, 5.74) is 16.0. The van der Waals surface area contributed by atoms with Crippen LogP contribution in [0.4, 0.5) is 17.1 Å². The first kappa shape index (κ1) is 29.1. The first-order valence-corrected chi connectivity index (χ1v) is 18.1. The Morgan fingerprint density at radius 3 is 1.67 bits per heavy atom. The summed E-state index contributed by atoms with van der Waals surface area (Å²) in [6.07, 6.45) is 0. The van der Waals surface area contributed by atoms with E-state index in [2.05, 4.69) is 205 Å². The van der Waals surface area contributed by atoms with E-state index in [1.165, 1.54) is 82.9 Å². The lowest BCUT2D eigenvalue weighted by Crippen LogP contribution is -2.31. The lowest BCUT2D eigenvalue weighted by Gasteiger charge is -2.40. The molecule has 0 aliphatic heterocycles. The average molecular weight is 660 g/mol. The molecule has 0 heterocycles. The molecule has 0 N–H and O–H groups in total. The van der Waals surface area contributed by atoms with E-state index in [0.717, 1.165) is 11.4 Å². The fourth-order valence-corrected chi connectivity index (χ4v) is 9.44. The first-order chi connectivity index (χ1) is 25.8. The normalized spacial score (nSPS) is 15.0. The Hall–Kier alpha value is -6.70. The van der Waals surface area contributed by atoms with Crippen molar-refractivity contribution in [3.63, 3.8) is 0 Å². The van der Waals surface area contributed by atoms with Crippen LogP contribution in [0, 0.1) is 0 Å². The summed E-state index contributed by atoms with van der Waals surface area (Å²) >= 11 is 0. The van der Waals surface area contributed by atoms with Crippen molar-refractivity contribution in [2.24, 2.45) is 0 Å². The van der Waals surface area contributed by atoms with E-state index in [4.69, 9.17) is 0 Å². The molecule has 0 bridgehead atoms. The van der Waals surface area contributed by atoms with Gasteiger partial charge in [0.1, 0.15) is 0 Å². The van der Waals surface area contributed by atoms with Crippen LogP contribution in [-0.4, -0.2) is 0 Å². The molecule has 2 aliphatic rings. The molecular weight excluding hydrogens is 627 g/mol. The van der Waals surface area contributed by atoms with Crippen LogP contribution in [0.2, 0.25) is 0 Å². The van der Waals surface area contributed by atoms with Crippen molar-refractivity contribution in [3.8, 4) is 33.4 Å². The first-order valence-electron chi connectivity index (χ1n) is 18.1. The Bertz CT molecular complexity index is 2850. The molecule has 1 atom stereocenters. The monoisotopic (exact) mass is 659 g/mol. The number of nitrogens with zero attached hydrogens (tertiary/aromatic N) is 1. The maximum absolute atomic E-state index is 2.52. The number of hydrogen-bond donors (Lipinski definition) is 0. The van der Waals surface area contributed by atoms with Gasteiger partial charge in [-0.05, 0) is 79.0 Å². The molecule has 0 spiro atoms. The molecule has 0 saturated carbocycles. The highest BCUT2D eigenvalue weighted by Crippen LogP contribution is 2.64. The van der Waals surface area contributed by atoms with Crippen LogP contribution in [0.15, 0.2) is 200 Å². The molecular formula is C51H33N. The third-order valence-corrected chi connectivity index (χ3v) is 11.5. The number of hydrogen-bond acceptors (Lipinski definition) is 1. The van der Waals surface area contributed by atoms with Gasteiger partial charge in [-0.15, -0.1) is 0 Å². The summed E-state index contributed by atoms with van der Waals surface area (Å²) in [6, 6.07) is 74.0. The van der Waals surface area contributed by atoms with E-state index >= 15 is 0 Å². The maximum atomic E-state index is 2.52. The highest BCUT2D eigenvalue weighted by Gasteiger charge is 2.50. The van der Waals surface area contributed by atoms with Crippen LogP contribution in [-0.2, 0) is 5.41 Å². The molecule has 0 fully saturated rings. The fourth-order valence-electron chi connectivity index (χ4n) is 9.44. The minimum absolute atomic E-state index is 0.443. The van der Waals surface area contributed by atoms with E-state index in [9.17, 15) is 0 Å². The van der Waals surface area contributed by atoms with E-state index in [1.807, 2.05) is 0 Å². The van der Waals surface area contributed by atoms with Gasteiger partial charge in [-0.25, -0.2) is 0 Å². The molecule has 0 radical (unpaired) electrons. The van der Waals surface area contributed by atoms with Gasteiger partial charge >= 0.3 is 0 Å². The van der Waals surface area contributed by atoms with Crippen molar-refractivity contribution in [1.29, 1.82) is 0 Å². The predicted octanol–water partition coefficient (Wildman–Crippen LogP) is 13.5. The van der Waals surface area contributed by atoms with Crippen molar-refractivity contribution in [3.05, 3.63) is 222 Å². The zero-order chi connectivity index (χ0) is 34.2. The smallest absolute Gasteiger partial charge is 0.0725 e. The molecule has 1 heteroatoms. The van der Waals surface area contributed by atoms with Crippen LogP contribution in [0.5, 0.6) is 0 Å². The molecule has 2 aliphatic carbocycles. The van der Waals surface area contributed by atoms with Gasteiger partial charge in [0.2, 0.25) is 0 Å². The van der Waals surface area contributed by atoms with Crippen molar-refractivity contribution in [1.82, 2.24) is 0 Å². The van der Waals surface area contributed by atoms with Crippen LogP contribution in [0.25, 0.3) is 54.9 Å². The SMILES string of the molecule is c1ccc(-c2ccccc2N(c2cccc3ccccc23)c2ccc3c4c5c(ccc24)-c2ccccc2C5(c2ccccc2)c2ccccc2-3)cc1. The third-order valence-electron chi connectivity index (χ3n) is 11.5. The van der Waals surface area contributed by atoms with Crippen molar-refractivity contribution < 1.29 is 0 Å². The Balaban J connectivity index is 1.30. The second-order valence-electron chi connectivity index (χ2n) is 14.0. The molecule has 0 amide bonds. The zero-order valence-corrected chi connectivity index (χ0v) is 28.5. The lowest BCUT2D eigenvalue weighted by atomic mass is 9.62. The van der Waals surface area contributed by atoms with E-state index in [1.54, 1.807) is 0 Å². The lowest BCUT2D eigenvalue weighted by molar-refractivity contribution is 0.773. The summed E-state index contributed by atoms with van der Waals surface area (Å²) in [7, 11) is 0. The van der Waals surface area contributed by atoms with Crippen LogP contribution >= 0.6 is 0 Å². The van der Waals surface area contributed by atoms with Gasteiger partial charge in [0.05, 0.1) is 22.5 Å². The minimum atomic E-state index is -0.443. The topological polar surface area (TPSA) is 3.24 Å². The molecule has 9 aromatic carbocycles. The van der Waals surface area contributed by atoms with E-state index in [0.29, 0.717) is 0 Å². The van der Waals surface area contributed by atoms with Crippen LogP contribution in [0.1, 0.15) is 22.3 Å². The fraction of sp³-hybridized carbons (Fsp3) is 0.0196. The molecule has 242 valence electrons. The van der Waals surface area contributed by atoms with E-state index in [-0.39, 0.29) is 0 Å². The largest absolute Gasteiger partial charge is 0.309 e. The molecule has 1 unspecified atom stereocenters. The van der Waals surface area contributed by atoms with Gasteiger partial charge in [-0.3, -0.25) is 0 Å². The van der Waals surface area contributed by atoms with Crippen molar-refractivity contribution >= 4 is 38.6 Å². The highest BCUT2D eigenvalue weighted by molar-refractivity contribution is 6.16. The van der Waals surface area contributed by atoms with E-state index < -0.39 is 5.41 Å². The predicted molar refractivity (Wildman–Crippen MR) is 218 cm³/mol. The van der Waals surface area contributed by atoms with Gasteiger partial charge < -0.3 is 4.90 Å². The standard InChI is InChI=1S/C51H33N/c1-3-16-34(17-4-1)37-23-11-14-28-46(37)52(47-29-15-19-35-18-7-8-22-38(35)47)48-33-32-41-39-24-9-12-26-44(39)51(36-20-5-2-6-21-36)45-27-13-10-25-40(45)42-30-31-43(48)49(41)50(42)51/h1-33H. The number of benzene rings is 9. The number of fused-ring (bicyclic) bond motifs is 7. The Kier molecular flexibility index (Phi) is 6.23. The molecule has 9 aromatic rings. The molecule has 1 nitrogen and oxygen atoms in total. The number of anilines is 3. The molecule has 0 aromatic heterocycles. The van der Waals surface area contributed by atoms with Crippen molar-refractivity contribution in [2.75, 3.05) is 4.90 Å². The summed E-state index contributed by atoms with van der Waals surface area (Å²) in [5, 5.41) is 5.01. The van der Waals surface area contributed by atoms with Gasteiger partial charge in [-0.1, -0.05) is 182 Å². The average Bonchev–Trinajstić information content (AvgIpc) is 3.54. The zero-order valence-electron chi connectivity index (χ0n) is 28.5. The Morgan fingerprint density at radius 2 is 0.885 bits per heavy atom. The number of para-hydroxylation sites is 1. The third kappa shape index (κ3) is 3.88. The quantitative estimate of drug-likeness (QED) is 0.178. The highest BCUT2D eigenvalue weighted by atomic mass is 15.1. The van der Waals surface area contributed by atoms with Crippen LogP contribution < -0.4 is 4.90 Å². The second-order valence-corrected chi connectivity index (χ2v) is 14.0. The van der Waals surface area contributed by atoms with Gasteiger partial charge in [-0.2, -0.15) is 0 Å². The van der Waals surface area contributed by atoms with Crippen molar-refractivity contribution in [2.45, 2.75) is 5.41 Å². The van der Waals surface area contributed by atoms with Crippen LogP contribution in [0.3, 0.4) is 0 Å². The molecule has 11 rings (SSSR count). The van der Waals surface area contributed by atoms with Gasteiger partial charge in [0.15, 0.2) is 0 Å². The molecule has 52 heavy (non-hydrogen) atoms. The summed E-state index contributed by atoms with van der Waals surface area (Å²) in [4.78, 5) is 2.52. The van der Waals surface area contributed by atoms with Gasteiger partial charge in [0, 0.05) is 16.3 Å². The minimum Gasteiger partial charge on any atom is -0.309 e. The maximum Gasteiger partial charge on any atom is 0.0725 e. The number of rotatable bonds is 5. The van der Waals surface area contributed by atoms with Gasteiger partial charge in [0.25, 0.3) is 0 Å². The second kappa shape index (κ2) is 11.2. The summed E-state index contributed by atoms with van der Waals surface area (Å²) in [6.45, 7) is 0. The summed E-state index contributed by atoms with van der Waals surface area (Å²) < 4.78 is 0.